The van der Waals surface area contributed by atoms with Crippen molar-refractivity contribution in [3.8, 4) is 28.3 Å². The fraction of sp³-hybridized carbons (Fsp3) is 0.255. The summed E-state index contributed by atoms with van der Waals surface area (Å²) in [6, 6.07) is 36.8. The maximum atomic E-state index is 6.34. The van der Waals surface area contributed by atoms with Crippen LogP contribution in [0.25, 0.3) is 61.3 Å². The third kappa shape index (κ3) is 8.17. The standard InChI is InChI=1S/C29H24N3O.C18H24GeN.Ir/c1-18-9-14-21-22-16-30-17-23(27(22)33-26(21)15-18)28-31-24-7-5-6-8-25(24)32(28)20-12-10-19(11-13-20)29(2,3)4;1-14(2)11-16-12-18(15-9-7-6-8-10-15)20-13-17(16)19(3,4)5;/h5-16H,1-4H3;6-9,12-14H,11H2,1-5H3;/q2*-1;. The summed E-state index contributed by atoms with van der Waals surface area (Å²) in [5.74, 6) is 8.77. The molecule has 5 nitrogen and oxygen atoms in total. The summed E-state index contributed by atoms with van der Waals surface area (Å²) in [5, 5.41) is 2.02. The van der Waals surface area contributed by atoms with Crippen LogP contribution in [-0.4, -0.2) is 32.8 Å². The molecule has 4 heterocycles. The Bertz CT molecular complexity index is 2540. The minimum Gasteiger partial charge on any atom is -0.500 e. The van der Waals surface area contributed by atoms with Gasteiger partial charge in [0.05, 0.1) is 22.4 Å². The second-order valence-electron chi connectivity index (χ2n) is 16.5. The molecule has 0 amide bonds. The van der Waals surface area contributed by atoms with Gasteiger partial charge < -0.3 is 14.0 Å². The van der Waals surface area contributed by atoms with E-state index >= 15 is 0 Å². The molecule has 277 valence electrons. The maximum absolute atomic E-state index is 6.34. The van der Waals surface area contributed by atoms with E-state index in [0.29, 0.717) is 5.92 Å². The van der Waals surface area contributed by atoms with Crippen molar-refractivity contribution in [3.63, 3.8) is 0 Å². The maximum Gasteiger partial charge on any atom is 0.121 e. The molecule has 0 unspecified atom stereocenters. The van der Waals surface area contributed by atoms with E-state index in [2.05, 4.69) is 147 Å². The number of pyridine rings is 2. The summed E-state index contributed by atoms with van der Waals surface area (Å²) in [7, 11) is 0. The number of para-hydroxylation sites is 2. The van der Waals surface area contributed by atoms with Gasteiger partial charge in [-0.15, -0.1) is 0 Å². The quantitative estimate of drug-likeness (QED) is 0.123. The number of rotatable bonds is 6. The summed E-state index contributed by atoms with van der Waals surface area (Å²) < 4.78 is 10.1. The number of nitrogens with zero attached hydrogens (tertiary/aromatic N) is 4. The van der Waals surface area contributed by atoms with Crippen LogP contribution in [-0.2, 0) is 31.9 Å². The van der Waals surface area contributed by atoms with E-state index in [1.54, 1.807) is 4.40 Å². The van der Waals surface area contributed by atoms with Gasteiger partial charge in [0.25, 0.3) is 0 Å². The van der Waals surface area contributed by atoms with Gasteiger partial charge in [-0.2, -0.15) is 0 Å². The van der Waals surface area contributed by atoms with Crippen LogP contribution in [0.3, 0.4) is 0 Å². The monoisotopic (exact) mass is 951 g/mol. The van der Waals surface area contributed by atoms with Crippen LogP contribution >= 0.6 is 0 Å². The molecule has 8 rings (SSSR count). The third-order valence-electron chi connectivity index (χ3n) is 9.67. The van der Waals surface area contributed by atoms with Crippen LogP contribution in [0.1, 0.15) is 51.3 Å². The van der Waals surface area contributed by atoms with Crippen molar-refractivity contribution >= 4 is 50.6 Å². The Balaban J connectivity index is 0.000000205. The first kappa shape index (κ1) is 39.3. The van der Waals surface area contributed by atoms with Gasteiger partial charge in [-0.3, -0.25) is 4.98 Å². The van der Waals surface area contributed by atoms with E-state index in [1.807, 2.05) is 42.6 Å². The molecule has 0 aliphatic carbocycles. The molecular formula is C47H48GeIrN4O-2. The molecule has 0 aliphatic heterocycles. The minimum atomic E-state index is -1.86. The molecule has 4 aromatic carbocycles. The molecular weight excluding hydrogens is 901 g/mol. The molecule has 0 spiro atoms. The zero-order chi connectivity index (χ0) is 37.5. The van der Waals surface area contributed by atoms with Crippen LogP contribution in [0.2, 0.25) is 17.3 Å². The molecule has 0 aliphatic rings. The predicted molar refractivity (Wildman–Crippen MR) is 224 cm³/mol. The van der Waals surface area contributed by atoms with Crippen LogP contribution in [0.4, 0.5) is 0 Å². The average molecular weight is 950 g/mol. The normalized spacial score (nSPS) is 11.9. The van der Waals surface area contributed by atoms with Crippen LogP contribution in [0, 0.1) is 25.1 Å². The van der Waals surface area contributed by atoms with Gasteiger partial charge >= 0.3 is 126 Å². The van der Waals surface area contributed by atoms with E-state index in [4.69, 9.17) is 14.4 Å². The summed E-state index contributed by atoms with van der Waals surface area (Å²) in [5.41, 5.74) is 11.6. The molecule has 0 bridgehead atoms. The molecule has 4 aromatic heterocycles. The van der Waals surface area contributed by atoms with Gasteiger partial charge in [-0.25, -0.2) is 0 Å². The van der Waals surface area contributed by atoms with Crippen molar-refractivity contribution < 1.29 is 24.5 Å². The Morgan fingerprint density at radius 2 is 1.59 bits per heavy atom. The molecule has 1 radical (unpaired) electrons. The van der Waals surface area contributed by atoms with E-state index < -0.39 is 13.3 Å². The third-order valence-corrected chi connectivity index (χ3v) is 14.0. The molecule has 0 saturated carbocycles. The van der Waals surface area contributed by atoms with E-state index in [-0.39, 0.29) is 25.5 Å². The Kier molecular flexibility index (Phi) is 11.5. The van der Waals surface area contributed by atoms with Gasteiger partial charge in [0.2, 0.25) is 0 Å². The van der Waals surface area contributed by atoms with Gasteiger partial charge in [0, 0.05) is 31.2 Å². The summed E-state index contributed by atoms with van der Waals surface area (Å²) in [4.78, 5) is 14.1. The van der Waals surface area contributed by atoms with Crippen LogP contribution in [0.5, 0.6) is 0 Å². The molecule has 0 fully saturated rings. The van der Waals surface area contributed by atoms with Crippen molar-refractivity contribution in [1.82, 2.24) is 19.5 Å². The molecule has 0 N–H and O–H groups in total. The van der Waals surface area contributed by atoms with Crippen molar-refractivity contribution in [3.05, 3.63) is 138 Å². The summed E-state index contributed by atoms with van der Waals surface area (Å²) >= 11 is -1.86. The van der Waals surface area contributed by atoms with Gasteiger partial charge in [0.15, 0.2) is 0 Å². The molecule has 0 saturated heterocycles. The topological polar surface area (TPSA) is 56.7 Å². The van der Waals surface area contributed by atoms with Crippen LogP contribution in [0.15, 0.2) is 114 Å². The van der Waals surface area contributed by atoms with Gasteiger partial charge in [0.1, 0.15) is 5.58 Å². The number of hydrogen-bond acceptors (Lipinski definition) is 4. The molecule has 54 heavy (non-hydrogen) atoms. The van der Waals surface area contributed by atoms with Crippen molar-refractivity contribution in [2.45, 2.75) is 70.6 Å². The Morgan fingerprint density at radius 1 is 0.852 bits per heavy atom. The van der Waals surface area contributed by atoms with Gasteiger partial charge in [-0.1, -0.05) is 57.2 Å². The van der Waals surface area contributed by atoms with E-state index in [9.17, 15) is 0 Å². The molecule has 0 atom stereocenters. The number of furan rings is 1. The summed E-state index contributed by atoms with van der Waals surface area (Å²) in [6.45, 7) is 13.3. The molecule has 8 aromatic rings. The van der Waals surface area contributed by atoms with Crippen molar-refractivity contribution in [2.75, 3.05) is 0 Å². The largest absolute Gasteiger partial charge is 0.500 e. The number of hydrogen-bond donors (Lipinski definition) is 0. The van der Waals surface area contributed by atoms with E-state index in [1.165, 1.54) is 11.1 Å². The van der Waals surface area contributed by atoms with Crippen LogP contribution < -0.4 is 4.40 Å². The molecule has 7 heteroatoms. The average Bonchev–Trinajstić information content (AvgIpc) is 3.69. The zero-order valence-corrected chi connectivity index (χ0v) is 37.2. The zero-order valence-electron chi connectivity index (χ0n) is 32.7. The predicted octanol–water partition coefficient (Wildman–Crippen LogP) is 11.7. The second kappa shape index (κ2) is 15.8. The van der Waals surface area contributed by atoms with Crippen molar-refractivity contribution in [2.24, 2.45) is 5.92 Å². The number of imidazole rings is 1. The Labute approximate surface area is 336 Å². The van der Waals surface area contributed by atoms with Crippen molar-refractivity contribution in [1.29, 1.82) is 0 Å². The first-order chi connectivity index (χ1) is 25.3. The number of benzene rings is 4. The smallest absolute Gasteiger partial charge is 0.121 e. The second-order valence-corrected chi connectivity index (χ2v) is 27.1. The number of aromatic nitrogens is 4. The number of fused-ring (bicyclic) bond motifs is 4. The first-order valence-electron chi connectivity index (χ1n) is 18.5. The fourth-order valence-electron chi connectivity index (χ4n) is 6.95. The first-order valence-corrected chi connectivity index (χ1v) is 25.9. The Hall–Kier alpha value is -4.36. The number of aryl methyl sites for hydroxylation is 1. The minimum absolute atomic E-state index is 0. The van der Waals surface area contributed by atoms with E-state index in [0.717, 1.165) is 73.3 Å². The SMILES string of the molecule is CC(C)Cc1cc(-c2[c-]cccc2)nc[c]1[Ge]([CH3])([CH3])[CH3].Cc1ccc2c(c1)oc1c(-c3nc4ccccc4n3-c3ccc(C(C)(C)C)cc3)[c-]ncc12.[Ir]. The Morgan fingerprint density at radius 3 is 2.28 bits per heavy atom. The fourth-order valence-corrected chi connectivity index (χ4v) is 10.3. The summed E-state index contributed by atoms with van der Waals surface area (Å²) in [6.07, 6.45) is 8.28. The van der Waals surface area contributed by atoms with Gasteiger partial charge in [-0.05, 0) is 77.1 Å².